The first-order chi connectivity index (χ1) is 5.81. The molecule has 0 bridgehead atoms. The van der Waals surface area contributed by atoms with Gasteiger partial charge in [-0.15, -0.1) is 0 Å². The van der Waals surface area contributed by atoms with Crippen molar-refractivity contribution < 1.29 is 16.1 Å². The van der Waals surface area contributed by atoms with E-state index in [-0.39, 0.29) is 0 Å². The Morgan fingerprint density at radius 2 is 1.92 bits per heavy atom. The summed E-state index contributed by atoms with van der Waals surface area (Å²) in [4.78, 5) is 0. The van der Waals surface area contributed by atoms with E-state index in [9.17, 15) is 0 Å². The maximum atomic E-state index is 2.57. The average molecular weight is 377 g/mol. The minimum atomic E-state index is -1.49. The van der Waals surface area contributed by atoms with Gasteiger partial charge in [-0.05, 0) is 0 Å². The van der Waals surface area contributed by atoms with Gasteiger partial charge in [0.05, 0.1) is 0 Å². The Bertz CT molecular complexity index is 243. The summed E-state index contributed by atoms with van der Waals surface area (Å²) in [6.45, 7) is 7.50. The van der Waals surface area contributed by atoms with Crippen molar-refractivity contribution in [2.24, 2.45) is 0 Å². The van der Waals surface area contributed by atoms with Gasteiger partial charge in [0.2, 0.25) is 0 Å². The van der Waals surface area contributed by atoms with Crippen LogP contribution in [0.1, 0.15) is 6.42 Å². The van der Waals surface area contributed by atoms with E-state index in [0.29, 0.717) is 0 Å². The molecule has 0 aromatic rings. The Balaban J connectivity index is 2.66. The second-order valence-corrected chi connectivity index (χ2v) is 22.8. The zero-order valence-corrected chi connectivity index (χ0v) is 12.7. The van der Waals surface area contributed by atoms with Gasteiger partial charge in [0.1, 0.15) is 0 Å². The summed E-state index contributed by atoms with van der Waals surface area (Å²) in [6, 6.07) is 0. The van der Waals surface area contributed by atoms with Gasteiger partial charge < -0.3 is 0 Å². The van der Waals surface area contributed by atoms with Crippen molar-refractivity contribution in [1.29, 1.82) is 0 Å². The second kappa shape index (κ2) is 3.86. The van der Waals surface area contributed by atoms with E-state index in [0.717, 1.165) is 0 Å². The van der Waals surface area contributed by atoms with Crippen molar-refractivity contribution in [3.05, 3.63) is 22.2 Å². The van der Waals surface area contributed by atoms with Crippen LogP contribution in [0.2, 0.25) is 34.7 Å². The fraction of sp³-hybridized carbons (Fsp3) is 0.636. The molecule has 0 aromatic heterocycles. The molecule has 1 aliphatic rings. The Labute approximate surface area is 87.3 Å². The number of hydrogen-bond donors (Lipinski definition) is 0. The molecule has 1 aliphatic carbocycles. The monoisotopic (exact) mass is 377 g/mol. The molecule has 0 atom stereocenters. The predicted molar refractivity (Wildman–Crippen MR) is 61.7 cm³/mol. The van der Waals surface area contributed by atoms with Crippen LogP contribution < -0.4 is 0 Å². The first-order valence-electron chi connectivity index (χ1n) is 4.58. The fourth-order valence-electron chi connectivity index (χ4n) is 1.64. The molecular formula is C11H22PtSi. The molecule has 80 valence electrons. The van der Waals surface area contributed by atoms with Crippen molar-refractivity contribution in [2.45, 2.75) is 41.1 Å². The first kappa shape index (κ1) is 11.5. The van der Waals surface area contributed by atoms with Crippen molar-refractivity contribution >= 4 is 8.07 Å². The zero-order valence-electron chi connectivity index (χ0n) is 9.46. The van der Waals surface area contributed by atoms with Crippen LogP contribution in [0.4, 0.5) is 0 Å². The topological polar surface area (TPSA) is 0 Å². The van der Waals surface area contributed by atoms with E-state index in [1.165, 1.54) is 6.42 Å². The molecule has 0 nitrogen and oxygen atoms in total. The molecule has 0 radical (unpaired) electrons. The average Bonchev–Trinajstić information content (AvgIpc) is 2.29. The predicted octanol–water partition coefficient (Wildman–Crippen LogP) is 4.38. The summed E-state index contributed by atoms with van der Waals surface area (Å²) in [7, 11) is -0.849. The Morgan fingerprint density at radius 1 is 1.31 bits per heavy atom. The van der Waals surface area contributed by atoms with E-state index >= 15 is 0 Å². The van der Waals surface area contributed by atoms with E-state index in [1.807, 2.05) is 0 Å². The van der Waals surface area contributed by atoms with Crippen molar-refractivity contribution in [1.82, 2.24) is 0 Å². The van der Waals surface area contributed by atoms with Gasteiger partial charge in [-0.1, -0.05) is 0 Å². The van der Waals surface area contributed by atoms with Crippen molar-refractivity contribution in [3.63, 3.8) is 0 Å². The van der Waals surface area contributed by atoms with Crippen LogP contribution in [0.25, 0.3) is 0 Å². The summed E-state index contributed by atoms with van der Waals surface area (Å²) in [6.07, 6.45) is 8.20. The summed E-state index contributed by atoms with van der Waals surface area (Å²) < 4.78 is 3.38. The molecule has 0 N–H and O–H groups in total. The van der Waals surface area contributed by atoms with Gasteiger partial charge in [0.15, 0.2) is 0 Å². The molecule has 1 rings (SSSR count). The molecule has 0 aromatic carbocycles. The normalized spacial score (nSPS) is 19.0. The number of rotatable bonds is 3. The van der Waals surface area contributed by atoms with Crippen LogP contribution in [0.15, 0.2) is 22.2 Å². The van der Waals surface area contributed by atoms with Crippen LogP contribution in [0.3, 0.4) is 0 Å². The minimum absolute atomic E-state index is 0.849. The van der Waals surface area contributed by atoms with E-state index in [1.54, 1.807) is 8.40 Å². The van der Waals surface area contributed by atoms with Gasteiger partial charge >= 0.3 is 87.4 Å². The first-order valence-corrected chi connectivity index (χ1v) is 15.6. The van der Waals surface area contributed by atoms with Gasteiger partial charge in [0, 0.05) is 0 Å². The van der Waals surface area contributed by atoms with Crippen LogP contribution in [0.5, 0.6) is 0 Å². The van der Waals surface area contributed by atoms with Gasteiger partial charge in [0.25, 0.3) is 0 Å². The van der Waals surface area contributed by atoms with Crippen molar-refractivity contribution in [2.75, 3.05) is 0 Å². The standard InChI is InChI=1S/C5H5.C4H11Si.2CH3.Pt/c1-2-4-5-3-1;1-5(2,3)4;;;/h1-3H,4H2;1H2,2-4H3;2*1H3;. The third kappa shape index (κ3) is 3.55. The molecule has 0 amide bonds. The number of allylic oxidation sites excluding steroid dienone is 4. The second-order valence-electron chi connectivity index (χ2n) is 5.07. The Kier molecular flexibility index (Phi) is 3.41. The Hall–Kier alpha value is 0.385. The van der Waals surface area contributed by atoms with Crippen molar-refractivity contribution in [3.8, 4) is 0 Å². The molecule has 0 fully saturated rings. The molecule has 0 saturated carbocycles. The fourth-order valence-corrected chi connectivity index (χ4v) is 25.8. The van der Waals surface area contributed by atoms with Gasteiger partial charge in [-0.3, -0.25) is 0 Å². The SMILES string of the molecule is C[Si](C)(C)[CH2][Pt]([CH3])([CH3])[C]1=CC=CC1. The molecule has 0 aliphatic heterocycles. The summed E-state index contributed by atoms with van der Waals surface area (Å²) >= 11 is -1.49. The van der Waals surface area contributed by atoms with Crippen LogP contribution >= 0.6 is 0 Å². The molecular weight excluding hydrogens is 355 g/mol. The molecule has 0 unspecified atom stereocenters. The summed E-state index contributed by atoms with van der Waals surface area (Å²) in [5.41, 5.74) is 0. The van der Waals surface area contributed by atoms with Gasteiger partial charge in [-0.25, -0.2) is 0 Å². The molecule has 0 heterocycles. The molecule has 0 spiro atoms. The van der Waals surface area contributed by atoms with Crippen LogP contribution in [-0.4, -0.2) is 8.07 Å². The quantitative estimate of drug-likeness (QED) is 0.641. The Morgan fingerprint density at radius 3 is 2.31 bits per heavy atom. The van der Waals surface area contributed by atoms with E-state index in [4.69, 9.17) is 0 Å². The van der Waals surface area contributed by atoms with E-state index in [2.05, 4.69) is 48.5 Å². The molecule has 13 heavy (non-hydrogen) atoms. The van der Waals surface area contributed by atoms with E-state index < -0.39 is 24.1 Å². The number of hydrogen-bond acceptors (Lipinski definition) is 0. The maximum absolute atomic E-state index is 2.57. The molecule has 0 saturated heterocycles. The molecule has 2 heteroatoms. The van der Waals surface area contributed by atoms with Crippen LogP contribution in [-0.2, 0) is 16.1 Å². The third-order valence-electron chi connectivity index (χ3n) is 1.87. The van der Waals surface area contributed by atoms with Crippen LogP contribution in [0, 0.1) is 0 Å². The third-order valence-corrected chi connectivity index (χ3v) is 21.1. The summed E-state index contributed by atoms with van der Waals surface area (Å²) in [5, 5.41) is 5.15. The summed E-state index contributed by atoms with van der Waals surface area (Å²) in [5.74, 6) is 0. The zero-order chi connectivity index (χ0) is 10.1. The van der Waals surface area contributed by atoms with Gasteiger partial charge in [-0.2, -0.15) is 0 Å².